The quantitative estimate of drug-likeness (QED) is 0.603. The monoisotopic (exact) mass is 189 g/mol. The van der Waals surface area contributed by atoms with E-state index in [1.54, 1.807) is 0 Å². The van der Waals surface area contributed by atoms with Gasteiger partial charge in [-0.2, -0.15) is 0 Å². The van der Waals surface area contributed by atoms with Crippen LogP contribution in [-0.4, -0.2) is 55.1 Å². The van der Waals surface area contributed by atoms with E-state index in [-0.39, 0.29) is 0 Å². The highest BCUT2D eigenvalue weighted by Crippen LogP contribution is 1.88. The van der Waals surface area contributed by atoms with Gasteiger partial charge >= 0.3 is 0 Å². The molecule has 0 aromatic carbocycles. The van der Waals surface area contributed by atoms with Crippen molar-refractivity contribution in [1.82, 2.24) is 9.80 Å². The van der Waals surface area contributed by atoms with Crippen LogP contribution in [0.5, 0.6) is 0 Å². The van der Waals surface area contributed by atoms with Gasteiger partial charge in [0.1, 0.15) is 0 Å². The Labute approximate surface area is 80.5 Å². The van der Waals surface area contributed by atoms with Gasteiger partial charge in [-0.1, -0.05) is 19.1 Å². The summed E-state index contributed by atoms with van der Waals surface area (Å²) >= 11 is 4.84. The second kappa shape index (κ2) is 6.34. The van der Waals surface area contributed by atoms with E-state index in [4.69, 9.17) is 18.0 Å². The van der Waals surface area contributed by atoms with E-state index >= 15 is 0 Å². The Hall–Kier alpha value is -0.190. The Kier molecular flexibility index (Phi) is 6.24. The molecule has 0 spiro atoms. The molecule has 0 atom stereocenters. The highest BCUT2D eigenvalue weighted by atomic mass is 32.1. The van der Waals surface area contributed by atoms with Crippen molar-refractivity contribution in [2.45, 2.75) is 6.92 Å². The van der Waals surface area contributed by atoms with Crippen LogP contribution in [0.2, 0.25) is 0 Å². The molecule has 72 valence electrons. The van der Waals surface area contributed by atoms with Gasteiger partial charge in [0, 0.05) is 19.6 Å². The molecule has 12 heavy (non-hydrogen) atoms. The molecule has 0 fully saturated rings. The Morgan fingerprint density at radius 2 is 1.92 bits per heavy atom. The standard InChI is InChI=1S/C8H19N3S/c1-4-11(7-8(9)12)6-5-10(2)3/h4-7H2,1-3H3,(H2,9,12). The van der Waals surface area contributed by atoms with Crippen LogP contribution in [0.3, 0.4) is 0 Å². The predicted octanol–water partition coefficient (Wildman–Crippen LogP) is 0.156. The van der Waals surface area contributed by atoms with Crippen LogP contribution in [-0.2, 0) is 0 Å². The summed E-state index contributed by atoms with van der Waals surface area (Å²) in [6.45, 7) is 5.94. The third kappa shape index (κ3) is 6.52. The minimum atomic E-state index is 0.579. The molecular formula is C8H19N3S. The molecular weight excluding hydrogens is 170 g/mol. The summed E-state index contributed by atoms with van der Waals surface area (Å²) in [5, 5.41) is 0. The Morgan fingerprint density at radius 1 is 1.33 bits per heavy atom. The van der Waals surface area contributed by atoms with E-state index in [0.29, 0.717) is 4.99 Å². The fourth-order valence-electron chi connectivity index (χ4n) is 0.911. The van der Waals surface area contributed by atoms with Crippen molar-refractivity contribution in [2.75, 3.05) is 40.3 Å². The van der Waals surface area contributed by atoms with E-state index in [1.807, 2.05) is 0 Å². The van der Waals surface area contributed by atoms with Gasteiger partial charge in [0.05, 0.1) is 4.99 Å². The maximum atomic E-state index is 5.45. The fourth-order valence-corrected chi connectivity index (χ4v) is 1.09. The van der Waals surface area contributed by atoms with Gasteiger partial charge in [0.2, 0.25) is 0 Å². The SMILES string of the molecule is CCN(CCN(C)C)CC(N)=S. The predicted molar refractivity (Wildman–Crippen MR) is 57.5 cm³/mol. The second-order valence-corrected chi connectivity index (χ2v) is 3.66. The minimum Gasteiger partial charge on any atom is -0.392 e. The molecule has 0 aliphatic heterocycles. The summed E-state index contributed by atoms with van der Waals surface area (Å²) < 4.78 is 0. The lowest BCUT2D eigenvalue weighted by Crippen LogP contribution is -2.37. The fraction of sp³-hybridized carbons (Fsp3) is 0.875. The van der Waals surface area contributed by atoms with Gasteiger partial charge in [-0.3, -0.25) is 4.90 Å². The summed E-state index contributed by atoms with van der Waals surface area (Å²) in [5.41, 5.74) is 5.45. The highest BCUT2D eigenvalue weighted by Gasteiger charge is 2.03. The minimum absolute atomic E-state index is 0.579. The van der Waals surface area contributed by atoms with E-state index in [2.05, 4.69) is 30.8 Å². The van der Waals surface area contributed by atoms with Crippen LogP contribution in [0.1, 0.15) is 6.92 Å². The number of nitrogens with two attached hydrogens (primary N) is 1. The summed E-state index contributed by atoms with van der Waals surface area (Å²) in [7, 11) is 4.13. The van der Waals surface area contributed by atoms with Gasteiger partial charge in [-0.25, -0.2) is 0 Å². The molecule has 0 heterocycles. The highest BCUT2D eigenvalue weighted by molar-refractivity contribution is 7.80. The first-order chi connectivity index (χ1) is 5.56. The number of hydrogen-bond donors (Lipinski definition) is 1. The summed E-state index contributed by atoms with van der Waals surface area (Å²) in [4.78, 5) is 4.97. The smallest absolute Gasteiger partial charge is 0.0870 e. The summed E-state index contributed by atoms with van der Waals surface area (Å²) in [6.07, 6.45) is 0. The molecule has 0 saturated heterocycles. The average Bonchev–Trinajstić information content (AvgIpc) is 1.97. The zero-order valence-corrected chi connectivity index (χ0v) is 9.02. The van der Waals surface area contributed by atoms with Crippen LogP contribution < -0.4 is 5.73 Å². The van der Waals surface area contributed by atoms with E-state index in [9.17, 15) is 0 Å². The molecule has 0 aliphatic rings. The number of nitrogens with zero attached hydrogens (tertiary/aromatic N) is 2. The van der Waals surface area contributed by atoms with Gasteiger partial charge in [-0.05, 0) is 20.6 Å². The first-order valence-corrected chi connectivity index (χ1v) is 4.62. The van der Waals surface area contributed by atoms with E-state index in [0.717, 1.165) is 26.2 Å². The maximum absolute atomic E-state index is 5.45. The number of rotatable bonds is 6. The lowest BCUT2D eigenvalue weighted by Gasteiger charge is -2.21. The Balaban J connectivity index is 3.60. The van der Waals surface area contributed by atoms with Crippen molar-refractivity contribution in [3.05, 3.63) is 0 Å². The van der Waals surface area contributed by atoms with E-state index < -0.39 is 0 Å². The number of hydrogen-bond acceptors (Lipinski definition) is 3. The molecule has 4 heteroatoms. The molecule has 0 saturated carbocycles. The first-order valence-electron chi connectivity index (χ1n) is 4.21. The molecule has 0 radical (unpaired) electrons. The third-order valence-electron chi connectivity index (χ3n) is 1.69. The van der Waals surface area contributed by atoms with Crippen LogP contribution in [0.25, 0.3) is 0 Å². The van der Waals surface area contributed by atoms with Crippen LogP contribution in [0.4, 0.5) is 0 Å². The molecule has 3 nitrogen and oxygen atoms in total. The van der Waals surface area contributed by atoms with Gasteiger partial charge in [-0.15, -0.1) is 0 Å². The van der Waals surface area contributed by atoms with Crippen molar-refractivity contribution in [3.63, 3.8) is 0 Å². The zero-order chi connectivity index (χ0) is 9.56. The molecule has 0 aromatic rings. The number of likely N-dealkylation sites (N-methyl/N-ethyl adjacent to an activating group) is 2. The van der Waals surface area contributed by atoms with Crippen molar-refractivity contribution >= 4 is 17.2 Å². The zero-order valence-electron chi connectivity index (χ0n) is 8.21. The van der Waals surface area contributed by atoms with Gasteiger partial charge in [0.25, 0.3) is 0 Å². The summed E-state index contributed by atoms with van der Waals surface area (Å²) in [5.74, 6) is 0. The van der Waals surface area contributed by atoms with Crippen molar-refractivity contribution < 1.29 is 0 Å². The van der Waals surface area contributed by atoms with Crippen LogP contribution >= 0.6 is 12.2 Å². The largest absolute Gasteiger partial charge is 0.392 e. The molecule has 2 N–H and O–H groups in total. The molecule has 0 aromatic heterocycles. The van der Waals surface area contributed by atoms with Crippen molar-refractivity contribution in [1.29, 1.82) is 0 Å². The van der Waals surface area contributed by atoms with Crippen molar-refractivity contribution in [3.8, 4) is 0 Å². The van der Waals surface area contributed by atoms with Gasteiger partial charge < -0.3 is 10.6 Å². The van der Waals surface area contributed by atoms with E-state index in [1.165, 1.54) is 0 Å². The Bertz CT molecular complexity index is 136. The van der Waals surface area contributed by atoms with Crippen LogP contribution in [0, 0.1) is 0 Å². The average molecular weight is 189 g/mol. The number of thiocarbonyl (C=S) groups is 1. The lowest BCUT2D eigenvalue weighted by molar-refractivity contribution is 0.278. The first kappa shape index (κ1) is 11.8. The van der Waals surface area contributed by atoms with Crippen LogP contribution in [0.15, 0.2) is 0 Å². The van der Waals surface area contributed by atoms with Crippen molar-refractivity contribution in [2.24, 2.45) is 5.73 Å². The molecule has 0 unspecified atom stereocenters. The maximum Gasteiger partial charge on any atom is 0.0870 e. The summed E-state index contributed by atoms with van der Waals surface area (Å²) in [6, 6.07) is 0. The Morgan fingerprint density at radius 3 is 2.25 bits per heavy atom. The van der Waals surface area contributed by atoms with Gasteiger partial charge in [0.15, 0.2) is 0 Å². The molecule has 0 bridgehead atoms. The second-order valence-electron chi connectivity index (χ2n) is 3.14. The molecule has 0 amide bonds. The molecule has 0 rings (SSSR count). The third-order valence-corrected chi connectivity index (χ3v) is 1.82. The molecule has 0 aliphatic carbocycles. The lowest BCUT2D eigenvalue weighted by atomic mass is 10.4. The topological polar surface area (TPSA) is 32.5 Å². The normalized spacial score (nSPS) is 11.1.